The highest BCUT2D eigenvalue weighted by Gasteiger charge is 2.50. The standard InChI is InChI=1S/C32H16BF15O2.CH2Cl2/c1-3-4-12-13(50-32(49-12)11-7-5-10(2)6-8-11)9-33(14-17(34)23(40)29(46)24(41)18(14)35,15-19(36)25(42)30(47)26(43)20(15)37)16-21(38)27(44)31(48)28(45)22(16)39;2-1-3/h5-8H,3-4,9H2,1-2H3;1H2. The van der Waals surface area contributed by atoms with Crippen LogP contribution in [-0.2, 0) is 12.7 Å². The van der Waals surface area contributed by atoms with Crippen molar-refractivity contribution >= 4 is 45.7 Å². The molecule has 5 aromatic rings. The van der Waals surface area contributed by atoms with E-state index in [1.165, 1.54) is 31.2 Å². The van der Waals surface area contributed by atoms with Gasteiger partial charge in [-0.15, -0.1) is 39.6 Å². The Labute approximate surface area is 298 Å². The molecule has 0 aliphatic carbocycles. The second kappa shape index (κ2) is 16.0. The fraction of sp³-hybridized carbons (Fsp3) is 0.182. The summed E-state index contributed by atoms with van der Waals surface area (Å²) in [5.41, 5.74) is -7.46. The summed E-state index contributed by atoms with van der Waals surface area (Å²) in [5.74, 6) is -48.2. The van der Waals surface area contributed by atoms with Gasteiger partial charge in [0.05, 0.1) is 5.34 Å². The molecule has 0 aliphatic rings. The molecule has 0 aliphatic heterocycles. The summed E-state index contributed by atoms with van der Waals surface area (Å²) in [4.78, 5) is 0. The fourth-order valence-corrected chi connectivity index (χ4v) is 5.92. The van der Waals surface area contributed by atoms with E-state index >= 15 is 26.3 Å². The lowest BCUT2D eigenvalue weighted by atomic mass is 9.13. The third-order valence-electron chi connectivity index (χ3n) is 8.21. The lowest BCUT2D eigenvalue weighted by Gasteiger charge is -2.42. The first-order valence-electron chi connectivity index (χ1n) is 14.7. The summed E-state index contributed by atoms with van der Waals surface area (Å²) in [6.45, 7) is 3.10. The Balaban J connectivity index is 0.00000202. The molecule has 0 saturated heterocycles. The van der Waals surface area contributed by atoms with Crippen LogP contribution in [0.1, 0.15) is 30.4 Å². The van der Waals surface area contributed by atoms with Gasteiger partial charge in [0.25, 0.3) is 11.5 Å². The first-order valence-corrected chi connectivity index (χ1v) is 15.8. The number of aryl methyl sites for hydroxylation is 2. The summed E-state index contributed by atoms with van der Waals surface area (Å²) >= 11 is 9.53. The van der Waals surface area contributed by atoms with Gasteiger partial charge in [0.15, 0.2) is 52.4 Å². The van der Waals surface area contributed by atoms with Crippen molar-refractivity contribution < 1.29 is 74.7 Å². The Morgan fingerprint density at radius 1 is 0.528 bits per heavy atom. The van der Waals surface area contributed by atoms with E-state index < -0.39 is 134 Å². The summed E-state index contributed by atoms with van der Waals surface area (Å²) in [6.07, 6.45) is -8.27. The van der Waals surface area contributed by atoms with Gasteiger partial charge in [-0.3, -0.25) is 8.83 Å². The van der Waals surface area contributed by atoms with Crippen LogP contribution >= 0.6 is 23.2 Å². The van der Waals surface area contributed by atoms with E-state index in [0.717, 1.165) is 0 Å². The van der Waals surface area contributed by atoms with E-state index in [2.05, 4.69) is 0 Å². The molecule has 1 aromatic heterocycles. The maximum atomic E-state index is 15.8. The molecule has 0 fully saturated rings. The van der Waals surface area contributed by atoms with Gasteiger partial charge < -0.3 is 0 Å². The molecule has 0 radical (unpaired) electrons. The molecular formula is C33H18BCl2F15O2. The van der Waals surface area contributed by atoms with E-state index in [1.807, 2.05) is 0 Å². The van der Waals surface area contributed by atoms with Crippen LogP contribution in [0, 0.1) is 94.2 Å². The number of benzene rings is 4. The van der Waals surface area contributed by atoms with Crippen molar-refractivity contribution in [2.45, 2.75) is 33.0 Å². The van der Waals surface area contributed by atoms with Crippen molar-refractivity contribution in [3.63, 3.8) is 0 Å². The first-order chi connectivity index (χ1) is 24.8. The zero-order valence-electron chi connectivity index (χ0n) is 26.5. The van der Waals surface area contributed by atoms with Crippen molar-refractivity contribution in [1.82, 2.24) is 0 Å². The van der Waals surface area contributed by atoms with Crippen LogP contribution in [0.4, 0.5) is 65.9 Å². The Hall–Kier alpha value is -4.32. The van der Waals surface area contributed by atoms with Crippen LogP contribution in [0.2, 0.25) is 0 Å². The van der Waals surface area contributed by atoms with Crippen LogP contribution in [0.15, 0.2) is 33.1 Å². The van der Waals surface area contributed by atoms with Gasteiger partial charge in [-0.1, -0.05) is 30.9 Å². The van der Waals surface area contributed by atoms with E-state index in [1.54, 1.807) is 6.92 Å². The molecule has 2 nitrogen and oxygen atoms in total. The van der Waals surface area contributed by atoms with E-state index in [4.69, 9.17) is 32.0 Å². The van der Waals surface area contributed by atoms with Crippen LogP contribution in [-0.4, -0.2) is 11.5 Å². The van der Waals surface area contributed by atoms with Crippen molar-refractivity contribution in [3.05, 3.63) is 129 Å². The summed E-state index contributed by atoms with van der Waals surface area (Å²) in [6, 6.07) is 5.65. The van der Waals surface area contributed by atoms with Crippen molar-refractivity contribution in [2.24, 2.45) is 0 Å². The van der Waals surface area contributed by atoms with Gasteiger partial charge in [0.2, 0.25) is 0 Å². The Bertz CT molecular complexity index is 1960. The van der Waals surface area contributed by atoms with Crippen LogP contribution in [0.3, 0.4) is 0 Å². The smallest absolute Gasteiger partial charge is 0.275 e. The molecule has 4 aromatic carbocycles. The third-order valence-corrected chi connectivity index (χ3v) is 8.21. The van der Waals surface area contributed by atoms with Crippen LogP contribution in [0.5, 0.6) is 0 Å². The zero-order valence-corrected chi connectivity index (χ0v) is 28.0. The second-order valence-corrected chi connectivity index (χ2v) is 12.1. The number of hydrogen-bond acceptors (Lipinski definition) is 1. The van der Waals surface area contributed by atoms with Gasteiger partial charge in [0.1, 0.15) is 46.6 Å². The van der Waals surface area contributed by atoms with E-state index in [-0.39, 0.29) is 23.7 Å². The van der Waals surface area contributed by atoms with Crippen LogP contribution < -0.4 is 16.4 Å². The molecule has 0 amide bonds. The maximum absolute atomic E-state index is 15.8. The second-order valence-electron chi connectivity index (χ2n) is 11.3. The molecule has 0 spiro atoms. The highest BCUT2D eigenvalue weighted by Crippen LogP contribution is 2.34. The number of hydrogen-bond donors (Lipinski definition) is 0. The molecule has 0 atom stereocenters. The molecular weight excluding hydrogens is 795 g/mol. The topological polar surface area (TPSA) is 24.4 Å². The molecule has 20 heteroatoms. The number of rotatable bonds is 8. The van der Waals surface area contributed by atoms with Gasteiger partial charge in [-0.05, 0) is 25.5 Å². The SMILES string of the molecule is CCCc1oc(-c2ccc(C)cc2)[o+]c1C[B-](c1c(F)c(F)c(F)c(F)c1F)(c1c(F)c(F)c(F)c(F)c1F)c1c(F)c(F)c(F)c(F)c1F.ClCCl. The van der Waals surface area contributed by atoms with Crippen molar-refractivity contribution in [1.29, 1.82) is 0 Å². The zero-order chi connectivity index (χ0) is 39.9. The Kier molecular flexibility index (Phi) is 12.5. The van der Waals surface area contributed by atoms with Gasteiger partial charge >= 0.3 is 5.96 Å². The number of halogens is 17. The van der Waals surface area contributed by atoms with E-state index in [0.29, 0.717) is 5.56 Å². The van der Waals surface area contributed by atoms with Gasteiger partial charge in [-0.25, -0.2) is 65.9 Å². The first kappa shape index (κ1) is 41.4. The molecule has 5 rings (SSSR count). The van der Waals surface area contributed by atoms with Crippen LogP contribution in [0.25, 0.3) is 11.5 Å². The predicted molar refractivity (Wildman–Crippen MR) is 163 cm³/mol. The molecule has 0 N–H and O–H groups in total. The maximum Gasteiger partial charge on any atom is 0.532 e. The molecule has 53 heavy (non-hydrogen) atoms. The molecule has 1 heterocycles. The Morgan fingerprint density at radius 3 is 1.13 bits per heavy atom. The van der Waals surface area contributed by atoms with E-state index in [9.17, 15) is 39.5 Å². The lowest BCUT2D eigenvalue weighted by molar-refractivity contribution is 0.379. The minimum atomic E-state index is -5.85. The average Bonchev–Trinajstić information content (AvgIpc) is 3.52. The van der Waals surface area contributed by atoms with Crippen molar-refractivity contribution in [2.75, 3.05) is 5.34 Å². The highest BCUT2D eigenvalue weighted by molar-refractivity contribution is 7.11. The molecule has 284 valence electrons. The molecule has 0 unspecified atom stereocenters. The fourth-order valence-electron chi connectivity index (χ4n) is 5.92. The highest BCUT2D eigenvalue weighted by atomic mass is 35.5. The lowest BCUT2D eigenvalue weighted by Crippen LogP contribution is -2.74. The molecule has 0 bridgehead atoms. The quantitative estimate of drug-likeness (QED) is 0.0390. The number of alkyl halides is 2. The average molecular weight is 813 g/mol. The summed E-state index contributed by atoms with van der Waals surface area (Å²) < 4.78 is 238. The summed E-state index contributed by atoms with van der Waals surface area (Å²) in [5, 5.41) is 0.194. The largest absolute Gasteiger partial charge is 0.532 e. The van der Waals surface area contributed by atoms with Gasteiger partial charge in [0, 0.05) is 6.42 Å². The van der Waals surface area contributed by atoms with Crippen molar-refractivity contribution in [3.8, 4) is 11.5 Å². The minimum absolute atomic E-state index is 0.0248. The summed E-state index contributed by atoms with van der Waals surface area (Å²) in [7, 11) is 0. The monoisotopic (exact) mass is 812 g/mol. The molecule has 0 saturated carbocycles. The van der Waals surface area contributed by atoms with Gasteiger partial charge in [-0.2, -0.15) is 0 Å². The Morgan fingerprint density at radius 2 is 0.830 bits per heavy atom. The minimum Gasteiger partial charge on any atom is -0.275 e. The predicted octanol–water partition coefficient (Wildman–Crippen LogP) is 9.84. The third kappa shape index (κ3) is 6.95. The normalized spacial score (nSPS) is 11.6.